The molecule has 2 atom stereocenters. The van der Waals surface area contributed by atoms with Gasteiger partial charge in [0, 0.05) is 23.6 Å². The number of hydrogen-bond acceptors (Lipinski definition) is 2. The highest BCUT2D eigenvalue weighted by Crippen LogP contribution is 2.21. The summed E-state index contributed by atoms with van der Waals surface area (Å²) in [5.74, 6) is 1.77. The molecule has 1 aliphatic rings. The number of halogens is 1. The monoisotopic (exact) mass is 311 g/mol. The molecule has 2 nitrogen and oxygen atoms in total. The highest BCUT2D eigenvalue weighted by atomic mass is 79.9. The standard InChI is InChI=1S/C15H22BrNO/c1-12-6-7-13(2)17(11-12)8-9-18-15-5-3-4-14(16)10-15/h3-5,10,12-13H,6-9,11H2,1-2H3. The van der Waals surface area contributed by atoms with Crippen molar-refractivity contribution in [2.75, 3.05) is 19.7 Å². The highest BCUT2D eigenvalue weighted by Gasteiger charge is 2.22. The van der Waals surface area contributed by atoms with Crippen molar-refractivity contribution in [1.29, 1.82) is 0 Å². The molecule has 0 saturated carbocycles. The number of hydrogen-bond donors (Lipinski definition) is 0. The average Bonchev–Trinajstić information content (AvgIpc) is 2.34. The molecule has 3 heteroatoms. The van der Waals surface area contributed by atoms with Gasteiger partial charge in [-0.2, -0.15) is 0 Å². The second-order valence-electron chi connectivity index (χ2n) is 5.33. The molecule has 100 valence electrons. The van der Waals surface area contributed by atoms with E-state index in [9.17, 15) is 0 Å². The summed E-state index contributed by atoms with van der Waals surface area (Å²) in [6, 6.07) is 8.74. The van der Waals surface area contributed by atoms with Crippen molar-refractivity contribution in [2.45, 2.75) is 32.7 Å². The van der Waals surface area contributed by atoms with Gasteiger partial charge in [-0.05, 0) is 43.9 Å². The first-order valence-corrected chi connectivity index (χ1v) is 7.57. The van der Waals surface area contributed by atoms with Crippen molar-refractivity contribution in [2.24, 2.45) is 5.92 Å². The fourth-order valence-electron chi connectivity index (χ4n) is 2.53. The smallest absolute Gasteiger partial charge is 0.120 e. The van der Waals surface area contributed by atoms with Gasteiger partial charge in [0.05, 0.1) is 0 Å². The molecule has 0 aliphatic carbocycles. The number of benzene rings is 1. The van der Waals surface area contributed by atoms with Gasteiger partial charge in [0.15, 0.2) is 0 Å². The third kappa shape index (κ3) is 3.99. The minimum Gasteiger partial charge on any atom is -0.492 e. The Bertz CT molecular complexity index is 383. The first-order valence-electron chi connectivity index (χ1n) is 6.77. The third-order valence-electron chi connectivity index (χ3n) is 3.69. The van der Waals surface area contributed by atoms with Crippen LogP contribution in [0.25, 0.3) is 0 Å². The fraction of sp³-hybridized carbons (Fsp3) is 0.600. The molecule has 1 saturated heterocycles. The molecule has 2 unspecified atom stereocenters. The second kappa shape index (κ2) is 6.58. The number of likely N-dealkylation sites (tertiary alicyclic amines) is 1. The van der Waals surface area contributed by atoms with Crippen LogP contribution >= 0.6 is 15.9 Å². The maximum atomic E-state index is 5.80. The molecule has 1 aliphatic heterocycles. The van der Waals surface area contributed by atoms with Crippen LogP contribution in [0.15, 0.2) is 28.7 Å². The molecule has 0 N–H and O–H groups in total. The van der Waals surface area contributed by atoms with E-state index in [-0.39, 0.29) is 0 Å². The van der Waals surface area contributed by atoms with E-state index < -0.39 is 0 Å². The predicted octanol–water partition coefficient (Wildman–Crippen LogP) is 3.95. The average molecular weight is 312 g/mol. The van der Waals surface area contributed by atoms with Crippen LogP contribution in [-0.4, -0.2) is 30.6 Å². The number of ether oxygens (including phenoxy) is 1. The zero-order valence-corrected chi connectivity index (χ0v) is 12.8. The lowest BCUT2D eigenvalue weighted by molar-refractivity contribution is 0.105. The molecule has 0 aromatic heterocycles. The number of piperidine rings is 1. The molecule has 1 fully saturated rings. The molecule has 0 spiro atoms. The van der Waals surface area contributed by atoms with E-state index in [2.05, 4.69) is 34.7 Å². The fourth-order valence-corrected chi connectivity index (χ4v) is 2.91. The van der Waals surface area contributed by atoms with Crippen LogP contribution in [0.2, 0.25) is 0 Å². The maximum Gasteiger partial charge on any atom is 0.120 e. The largest absolute Gasteiger partial charge is 0.492 e. The summed E-state index contributed by atoms with van der Waals surface area (Å²) in [5, 5.41) is 0. The summed E-state index contributed by atoms with van der Waals surface area (Å²) in [4.78, 5) is 2.55. The van der Waals surface area contributed by atoms with Gasteiger partial charge in [-0.15, -0.1) is 0 Å². The number of nitrogens with zero attached hydrogens (tertiary/aromatic N) is 1. The molecule has 2 rings (SSSR count). The van der Waals surface area contributed by atoms with E-state index in [4.69, 9.17) is 4.74 Å². The lowest BCUT2D eigenvalue weighted by atomic mass is 9.95. The van der Waals surface area contributed by atoms with Crippen LogP contribution in [0.1, 0.15) is 26.7 Å². The second-order valence-corrected chi connectivity index (χ2v) is 6.25. The van der Waals surface area contributed by atoms with E-state index >= 15 is 0 Å². The van der Waals surface area contributed by atoms with Crippen molar-refractivity contribution < 1.29 is 4.74 Å². The van der Waals surface area contributed by atoms with Gasteiger partial charge >= 0.3 is 0 Å². The van der Waals surface area contributed by atoms with Crippen molar-refractivity contribution in [3.63, 3.8) is 0 Å². The van der Waals surface area contributed by atoms with Gasteiger partial charge in [-0.3, -0.25) is 4.90 Å². The minimum atomic E-state index is 0.701. The maximum absolute atomic E-state index is 5.80. The molecular weight excluding hydrogens is 290 g/mol. The molecule has 1 aromatic rings. The Labute approximate surface area is 118 Å². The number of rotatable bonds is 4. The van der Waals surface area contributed by atoms with Crippen molar-refractivity contribution in [1.82, 2.24) is 4.90 Å². The molecule has 1 heterocycles. The quantitative estimate of drug-likeness (QED) is 0.835. The van der Waals surface area contributed by atoms with E-state index in [1.807, 2.05) is 24.3 Å². The Morgan fingerprint density at radius 1 is 1.33 bits per heavy atom. The lowest BCUT2D eigenvalue weighted by Gasteiger charge is -2.36. The molecule has 0 radical (unpaired) electrons. The SMILES string of the molecule is CC1CCC(C)N(CCOc2cccc(Br)c2)C1. The minimum absolute atomic E-state index is 0.701. The summed E-state index contributed by atoms with van der Waals surface area (Å²) in [7, 11) is 0. The first-order chi connectivity index (χ1) is 8.65. The summed E-state index contributed by atoms with van der Waals surface area (Å²) < 4.78 is 6.87. The van der Waals surface area contributed by atoms with E-state index in [1.54, 1.807) is 0 Å². The van der Waals surface area contributed by atoms with Crippen LogP contribution < -0.4 is 4.74 Å². The van der Waals surface area contributed by atoms with Crippen LogP contribution in [0.4, 0.5) is 0 Å². The van der Waals surface area contributed by atoms with Crippen LogP contribution in [-0.2, 0) is 0 Å². The van der Waals surface area contributed by atoms with Crippen LogP contribution in [0.5, 0.6) is 5.75 Å². The topological polar surface area (TPSA) is 12.5 Å². The van der Waals surface area contributed by atoms with Crippen LogP contribution in [0, 0.1) is 5.92 Å². The molecular formula is C15H22BrNO. The third-order valence-corrected chi connectivity index (χ3v) is 4.18. The summed E-state index contributed by atoms with van der Waals surface area (Å²) in [6.07, 6.45) is 2.68. The van der Waals surface area contributed by atoms with E-state index in [0.29, 0.717) is 6.04 Å². The van der Waals surface area contributed by atoms with E-state index in [1.165, 1.54) is 19.4 Å². The van der Waals surface area contributed by atoms with Gasteiger partial charge in [0.25, 0.3) is 0 Å². The Morgan fingerprint density at radius 2 is 2.17 bits per heavy atom. The van der Waals surface area contributed by atoms with Crippen molar-refractivity contribution >= 4 is 15.9 Å². The zero-order valence-electron chi connectivity index (χ0n) is 11.2. The van der Waals surface area contributed by atoms with Gasteiger partial charge in [-0.25, -0.2) is 0 Å². The Kier molecular flexibility index (Phi) is 5.07. The van der Waals surface area contributed by atoms with E-state index in [0.717, 1.165) is 29.3 Å². The molecule has 0 bridgehead atoms. The normalized spacial score (nSPS) is 25.1. The van der Waals surface area contributed by atoms with Crippen molar-refractivity contribution in [3.05, 3.63) is 28.7 Å². The molecule has 1 aromatic carbocycles. The molecule has 18 heavy (non-hydrogen) atoms. The van der Waals surface area contributed by atoms with Gasteiger partial charge in [-0.1, -0.05) is 28.9 Å². The Hall–Kier alpha value is -0.540. The Balaban J connectivity index is 1.77. The van der Waals surface area contributed by atoms with Crippen LogP contribution in [0.3, 0.4) is 0 Å². The summed E-state index contributed by atoms with van der Waals surface area (Å²) >= 11 is 3.46. The van der Waals surface area contributed by atoms with Gasteiger partial charge in [0.1, 0.15) is 12.4 Å². The lowest BCUT2D eigenvalue weighted by Crippen LogP contribution is -2.43. The van der Waals surface area contributed by atoms with Crippen molar-refractivity contribution in [3.8, 4) is 5.75 Å². The zero-order chi connectivity index (χ0) is 13.0. The predicted molar refractivity (Wildman–Crippen MR) is 79.1 cm³/mol. The summed E-state index contributed by atoms with van der Waals surface area (Å²) in [6.45, 7) is 7.67. The first kappa shape index (κ1) is 13.9. The van der Waals surface area contributed by atoms with Gasteiger partial charge < -0.3 is 4.74 Å². The Morgan fingerprint density at radius 3 is 2.94 bits per heavy atom. The highest BCUT2D eigenvalue weighted by molar-refractivity contribution is 9.10. The summed E-state index contributed by atoms with van der Waals surface area (Å²) in [5.41, 5.74) is 0. The van der Waals surface area contributed by atoms with Gasteiger partial charge in [0.2, 0.25) is 0 Å². The molecule has 0 amide bonds.